The number of nitrogens with zero attached hydrogens (tertiary/aromatic N) is 1. The zero-order valence-corrected chi connectivity index (χ0v) is 15.4. The lowest BCUT2D eigenvalue weighted by Gasteiger charge is -2.36. The van der Waals surface area contributed by atoms with Gasteiger partial charge in [-0.15, -0.1) is 0 Å². The van der Waals surface area contributed by atoms with Crippen LogP contribution < -0.4 is 15.1 Å². The number of piperazine rings is 1. The number of para-hydroxylation sites is 1. The summed E-state index contributed by atoms with van der Waals surface area (Å²) in [5, 5.41) is 2.37. The molecule has 4 nitrogen and oxygen atoms in total. The van der Waals surface area contributed by atoms with Gasteiger partial charge in [0.25, 0.3) is 5.91 Å². The van der Waals surface area contributed by atoms with Crippen LogP contribution in [0.3, 0.4) is 0 Å². The first-order valence-electron chi connectivity index (χ1n) is 8.98. The molecule has 7 heteroatoms. The van der Waals surface area contributed by atoms with E-state index in [0.29, 0.717) is 0 Å². The third kappa shape index (κ3) is 4.08. The number of nitrogens with one attached hydrogen (secondary N) is 2. The van der Waals surface area contributed by atoms with Crippen molar-refractivity contribution in [2.75, 3.05) is 36.4 Å². The van der Waals surface area contributed by atoms with E-state index in [1.807, 2.05) is 12.1 Å². The molecule has 1 saturated heterocycles. The van der Waals surface area contributed by atoms with Crippen molar-refractivity contribution < 1.29 is 22.9 Å². The van der Waals surface area contributed by atoms with E-state index in [-0.39, 0.29) is 5.69 Å². The maximum atomic E-state index is 13.8. The molecular formula is C20H23F3N3O+. The highest BCUT2D eigenvalue weighted by atomic mass is 19.2. The Labute approximate surface area is 156 Å². The van der Waals surface area contributed by atoms with E-state index in [4.69, 9.17) is 0 Å². The number of carbonyl (C=O) groups is 1. The van der Waals surface area contributed by atoms with Crippen LogP contribution in [0.2, 0.25) is 0 Å². The molecule has 0 unspecified atom stereocenters. The Morgan fingerprint density at radius 2 is 1.74 bits per heavy atom. The number of hydrogen-bond acceptors (Lipinski definition) is 2. The Morgan fingerprint density at radius 3 is 2.41 bits per heavy atom. The Morgan fingerprint density at radius 1 is 1.07 bits per heavy atom. The fourth-order valence-electron chi connectivity index (χ4n) is 3.43. The van der Waals surface area contributed by atoms with Gasteiger partial charge in [0.05, 0.1) is 31.9 Å². The Balaban J connectivity index is 1.61. The monoisotopic (exact) mass is 378 g/mol. The summed E-state index contributed by atoms with van der Waals surface area (Å²) in [4.78, 5) is 15.8. The zero-order chi connectivity index (χ0) is 19.6. The van der Waals surface area contributed by atoms with Gasteiger partial charge in [-0.05, 0) is 37.6 Å². The zero-order valence-electron chi connectivity index (χ0n) is 15.4. The molecule has 2 N–H and O–H groups in total. The molecule has 144 valence electrons. The number of benzene rings is 2. The molecule has 1 aliphatic rings. The van der Waals surface area contributed by atoms with Gasteiger partial charge in [-0.1, -0.05) is 18.2 Å². The molecule has 0 spiro atoms. The summed E-state index contributed by atoms with van der Waals surface area (Å²) in [7, 11) is 0. The van der Waals surface area contributed by atoms with Crippen LogP contribution in [0.25, 0.3) is 0 Å². The minimum Gasteiger partial charge on any atom is -0.360 e. The average Bonchev–Trinajstić information content (AvgIpc) is 2.68. The van der Waals surface area contributed by atoms with E-state index in [9.17, 15) is 18.0 Å². The molecule has 1 aliphatic heterocycles. The highest BCUT2D eigenvalue weighted by Crippen LogP contribution is 2.20. The average molecular weight is 378 g/mol. The SMILES string of the molecule is Cc1ccccc1N1CC[NH+]([C@@H](C)C(=O)Nc2ccc(F)c(F)c2F)CC1. The molecule has 0 aliphatic carbocycles. The van der Waals surface area contributed by atoms with E-state index in [2.05, 4.69) is 29.3 Å². The lowest BCUT2D eigenvalue weighted by molar-refractivity contribution is -0.914. The number of anilines is 2. The highest BCUT2D eigenvalue weighted by molar-refractivity contribution is 5.93. The summed E-state index contributed by atoms with van der Waals surface area (Å²) < 4.78 is 40.1. The minimum atomic E-state index is -1.58. The van der Waals surface area contributed by atoms with E-state index in [1.165, 1.54) is 11.3 Å². The maximum absolute atomic E-state index is 13.8. The van der Waals surface area contributed by atoms with E-state index < -0.39 is 29.4 Å². The number of amides is 1. The second kappa shape index (κ2) is 8.00. The third-order valence-corrected chi connectivity index (χ3v) is 5.16. The number of carbonyl (C=O) groups excluding carboxylic acids is 1. The van der Waals surface area contributed by atoms with Crippen molar-refractivity contribution in [3.05, 3.63) is 59.4 Å². The second-order valence-electron chi connectivity index (χ2n) is 6.87. The van der Waals surface area contributed by atoms with Crippen molar-refractivity contribution in [2.45, 2.75) is 19.9 Å². The van der Waals surface area contributed by atoms with Crippen LogP contribution in [0.4, 0.5) is 24.5 Å². The molecule has 0 radical (unpaired) electrons. The van der Waals surface area contributed by atoms with Crippen LogP contribution in [0.5, 0.6) is 0 Å². The topological polar surface area (TPSA) is 36.8 Å². The van der Waals surface area contributed by atoms with Crippen molar-refractivity contribution in [3.63, 3.8) is 0 Å². The highest BCUT2D eigenvalue weighted by Gasteiger charge is 2.30. The number of quaternary nitrogens is 1. The van der Waals surface area contributed by atoms with Gasteiger partial charge in [0.2, 0.25) is 0 Å². The Kier molecular flexibility index (Phi) is 5.70. The van der Waals surface area contributed by atoms with Gasteiger partial charge in [0.1, 0.15) is 0 Å². The number of halogens is 3. The maximum Gasteiger partial charge on any atom is 0.282 e. The van der Waals surface area contributed by atoms with Crippen LogP contribution in [0.15, 0.2) is 36.4 Å². The van der Waals surface area contributed by atoms with E-state index in [0.717, 1.165) is 43.2 Å². The molecule has 1 atom stereocenters. The molecule has 1 fully saturated rings. The van der Waals surface area contributed by atoms with E-state index in [1.54, 1.807) is 6.92 Å². The van der Waals surface area contributed by atoms with Gasteiger partial charge in [-0.2, -0.15) is 0 Å². The van der Waals surface area contributed by atoms with Gasteiger partial charge in [0, 0.05) is 5.69 Å². The quantitative estimate of drug-likeness (QED) is 0.800. The van der Waals surface area contributed by atoms with Crippen molar-refractivity contribution in [3.8, 4) is 0 Å². The van der Waals surface area contributed by atoms with Crippen LogP contribution >= 0.6 is 0 Å². The van der Waals surface area contributed by atoms with Gasteiger partial charge in [-0.3, -0.25) is 4.79 Å². The predicted molar refractivity (Wildman–Crippen MR) is 98.5 cm³/mol. The van der Waals surface area contributed by atoms with E-state index >= 15 is 0 Å². The summed E-state index contributed by atoms with van der Waals surface area (Å²) in [6.45, 7) is 6.94. The first-order chi connectivity index (χ1) is 12.9. The van der Waals surface area contributed by atoms with Crippen LogP contribution in [-0.4, -0.2) is 38.1 Å². The van der Waals surface area contributed by atoms with Crippen molar-refractivity contribution in [1.29, 1.82) is 0 Å². The summed E-state index contributed by atoms with van der Waals surface area (Å²) in [5.41, 5.74) is 2.06. The minimum absolute atomic E-state index is 0.344. The number of rotatable bonds is 4. The van der Waals surface area contributed by atoms with Crippen LogP contribution in [0, 0.1) is 24.4 Å². The lowest BCUT2D eigenvalue weighted by Crippen LogP contribution is -3.19. The van der Waals surface area contributed by atoms with Gasteiger partial charge >= 0.3 is 0 Å². The number of hydrogen-bond donors (Lipinski definition) is 2. The van der Waals surface area contributed by atoms with Gasteiger partial charge in [-0.25, -0.2) is 13.2 Å². The van der Waals surface area contributed by atoms with Crippen molar-refractivity contribution >= 4 is 17.3 Å². The smallest absolute Gasteiger partial charge is 0.282 e. The lowest BCUT2D eigenvalue weighted by atomic mass is 10.1. The Hall–Kier alpha value is -2.54. The second-order valence-corrected chi connectivity index (χ2v) is 6.87. The summed E-state index contributed by atoms with van der Waals surface area (Å²) >= 11 is 0. The fraction of sp³-hybridized carbons (Fsp3) is 0.350. The molecular weight excluding hydrogens is 355 g/mol. The molecule has 2 aromatic carbocycles. The molecule has 27 heavy (non-hydrogen) atoms. The molecule has 0 bridgehead atoms. The van der Waals surface area contributed by atoms with Gasteiger partial charge < -0.3 is 15.1 Å². The summed E-state index contributed by atoms with van der Waals surface area (Å²) in [6.07, 6.45) is 0. The number of aryl methyl sites for hydroxylation is 1. The molecule has 3 rings (SSSR count). The summed E-state index contributed by atoms with van der Waals surface area (Å²) in [5.74, 6) is -4.66. The predicted octanol–water partition coefficient (Wildman–Crippen LogP) is 2.14. The largest absolute Gasteiger partial charge is 0.360 e. The van der Waals surface area contributed by atoms with Crippen molar-refractivity contribution in [2.24, 2.45) is 0 Å². The standard InChI is InChI=1S/C20H22F3N3O/c1-13-5-3-4-6-17(13)26-11-9-25(10-12-26)14(2)20(27)24-16-8-7-15(21)18(22)19(16)23/h3-8,14H,9-12H2,1-2H3,(H,24,27)/p+1/t14-/m0/s1. The third-order valence-electron chi connectivity index (χ3n) is 5.16. The van der Waals surface area contributed by atoms with Crippen LogP contribution in [-0.2, 0) is 4.79 Å². The van der Waals surface area contributed by atoms with Crippen LogP contribution in [0.1, 0.15) is 12.5 Å². The molecule has 0 saturated carbocycles. The molecule has 1 amide bonds. The Bertz CT molecular complexity index is 835. The summed E-state index contributed by atoms with van der Waals surface area (Å²) in [6, 6.07) is 9.56. The van der Waals surface area contributed by atoms with Gasteiger partial charge in [0.15, 0.2) is 23.5 Å². The normalized spacial score (nSPS) is 16.3. The first kappa shape index (κ1) is 19.2. The molecule has 0 aromatic heterocycles. The first-order valence-corrected chi connectivity index (χ1v) is 8.98. The van der Waals surface area contributed by atoms with Crippen molar-refractivity contribution in [1.82, 2.24) is 0 Å². The molecule has 1 heterocycles. The molecule has 2 aromatic rings. The fourth-order valence-corrected chi connectivity index (χ4v) is 3.43.